The third-order valence-corrected chi connectivity index (χ3v) is 7.96. The van der Waals surface area contributed by atoms with E-state index in [1.807, 2.05) is 0 Å². The van der Waals surface area contributed by atoms with Crippen LogP contribution in [0.5, 0.6) is 0 Å². The van der Waals surface area contributed by atoms with Gasteiger partial charge in [-0.1, -0.05) is 91.0 Å². The van der Waals surface area contributed by atoms with E-state index >= 15 is 0 Å². The van der Waals surface area contributed by atoms with Crippen LogP contribution in [-0.2, 0) is 0 Å². The Hall–Kier alpha value is -5.34. The number of benzene rings is 6. The van der Waals surface area contributed by atoms with E-state index in [-0.39, 0.29) is 0 Å². The molecule has 0 spiro atoms. The van der Waals surface area contributed by atoms with Gasteiger partial charge in [-0.3, -0.25) is 0 Å². The zero-order chi connectivity index (χ0) is 26.5. The molecule has 40 heavy (non-hydrogen) atoms. The molecule has 8 rings (SSSR count). The van der Waals surface area contributed by atoms with Crippen LogP contribution >= 0.6 is 0 Å². The van der Waals surface area contributed by atoms with Gasteiger partial charge in [0.25, 0.3) is 0 Å². The van der Waals surface area contributed by atoms with Gasteiger partial charge < -0.3 is 9.13 Å². The minimum Gasteiger partial charge on any atom is -0.317 e. The van der Waals surface area contributed by atoms with Gasteiger partial charge in [0, 0.05) is 33.7 Å². The Morgan fingerprint density at radius 1 is 0.350 bits per heavy atom. The van der Waals surface area contributed by atoms with E-state index in [9.17, 15) is 0 Å². The van der Waals surface area contributed by atoms with E-state index in [0.717, 1.165) is 5.69 Å². The van der Waals surface area contributed by atoms with Gasteiger partial charge in [0.1, 0.15) is 0 Å². The molecule has 6 aromatic carbocycles. The zero-order valence-electron chi connectivity index (χ0n) is 21.9. The van der Waals surface area contributed by atoms with E-state index < -0.39 is 0 Å². The molecular weight excluding hydrogens is 484 g/mol. The highest BCUT2D eigenvalue weighted by Crippen LogP contribution is 2.36. The summed E-state index contributed by atoms with van der Waals surface area (Å²) in [6, 6.07) is 54.5. The van der Waals surface area contributed by atoms with E-state index in [0.29, 0.717) is 0 Å². The average molecular weight is 511 g/mol. The molecular formula is C38H26N2. The minimum absolute atomic E-state index is 1.16. The van der Waals surface area contributed by atoms with E-state index in [1.165, 1.54) is 60.6 Å². The van der Waals surface area contributed by atoms with Crippen molar-refractivity contribution in [1.29, 1.82) is 0 Å². The Balaban J connectivity index is 1.19. The molecule has 0 bridgehead atoms. The van der Waals surface area contributed by atoms with Crippen molar-refractivity contribution in [2.45, 2.75) is 0 Å². The summed E-state index contributed by atoms with van der Waals surface area (Å²) in [6.45, 7) is 0. The van der Waals surface area contributed by atoms with Crippen molar-refractivity contribution in [1.82, 2.24) is 9.13 Å². The molecule has 188 valence electrons. The van der Waals surface area contributed by atoms with Gasteiger partial charge in [-0.05, 0) is 82.9 Å². The van der Waals surface area contributed by atoms with Crippen LogP contribution in [0.25, 0.3) is 66.3 Å². The summed E-state index contributed by atoms with van der Waals surface area (Å²) < 4.78 is 4.63. The van der Waals surface area contributed by atoms with E-state index in [1.54, 1.807) is 0 Å². The normalized spacial score (nSPS) is 11.5. The zero-order valence-corrected chi connectivity index (χ0v) is 21.9. The standard InChI is InChI=1S/C38H26N2/c1-3-9-27(10-4-1)28-15-19-32(20-16-28)39-24-23-31-25-29(17-21-36(31)39)30-18-22-38-35(26-30)34-13-7-8-14-37(34)40(38)33-11-5-2-6-12-33/h1-26H. The predicted molar refractivity (Wildman–Crippen MR) is 168 cm³/mol. The highest BCUT2D eigenvalue weighted by molar-refractivity contribution is 6.10. The number of hydrogen-bond acceptors (Lipinski definition) is 0. The summed E-state index contributed by atoms with van der Waals surface area (Å²) in [4.78, 5) is 0. The SMILES string of the molecule is c1ccc(-c2ccc(-n3ccc4cc(-c5ccc6c(c5)c5ccccc5n6-c5ccccc5)ccc43)cc2)cc1. The molecule has 2 aromatic heterocycles. The molecule has 2 nitrogen and oxygen atoms in total. The first-order chi connectivity index (χ1) is 19.8. The second-order valence-corrected chi connectivity index (χ2v) is 10.3. The van der Waals surface area contributed by atoms with Crippen LogP contribution in [0.15, 0.2) is 158 Å². The maximum atomic E-state index is 2.36. The fourth-order valence-electron chi connectivity index (χ4n) is 6.00. The highest BCUT2D eigenvalue weighted by Gasteiger charge is 2.13. The molecule has 0 aliphatic heterocycles. The fraction of sp³-hybridized carbons (Fsp3) is 0. The predicted octanol–water partition coefficient (Wildman–Crippen LogP) is 10.1. The average Bonchev–Trinajstić information content (AvgIpc) is 3.60. The monoisotopic (exact) mass is 510 g/mol. The Kier molecular flexibility index (Phi) is 5.17. The molecule has 2 heteroatoms. The minimum atomic E-state index is 1.16. The summed E-state index contributed by atoms with van der Waals surface area (Å²) >= 11 is 0. The number of aromatic nitrogens is 2. The quantitative estimate of drug-likeness (QED) is 0.223. The van der Waals surface area contributed by atoms with Crippen LogP contribution in [0.2, 0.25) is 0 Å². The molecule has 0 fully saturated rings. The highest BCUT2D eigenvalue weighted by atomic mass is 15.0. The van der Waals surface area contributed by atoms with Gasteiger partial charge in [0.15, 0.2) is 0 Å². The van der Waals surface area contributed by atoms with Crippen molar-refractivity contribution in [3.8, 4) is 33.6 Å². The third-order valence-electron chi connectivity index (χ3n) is 7.96. The van der Waals surface area contributed by atoms with Crippen LogP contribution in [-0.4, -0.2) is 9.13 Å². The second-order valence-electron chi connectivity index (χ2n) is 10.3. The molecule has 0 aliphatic carbocycles. The second kappa shape index (κ2) is 9.14. The number of rotatable bonds is 4. The number of nitrogens with zero attached hydrogens (tertiary/aromatic N) is 2. The Morgan fingerprint density at radius 3 is 1.75 bits per heavy atom. The Morgan fingerprint density at radius 2 is 0.950 bits per heavy atom. The topological polar surface area (TPSA) is 9.86 Å². The summed E-state index contributed by atoms with van der Waals surface area (Å²) in [5, 5.41) is 3.78. The van der Waals surface area contributed by atoms with Crippen LogP contribution in [0.1, 0.15) is 0 Å². The molecule has 0 amide bonds. The molecule has 0 unspecified atom stereocenters. The lowest BCUT2D eigenvalue weighted by molar-refractivity contribution is 1.13. The van der Waals surface area contributed by atoms with Crippen molar-refractivity contribution in [3.05, 3.63) is 158 Å². The van der Waals surface area contributed by atoms with Crippen molar-refractivity contribution < 1.29 is 0 Å². The van der Waals surface area contributed by atoms with Gasteiger partial charge in [-0.15, -0.1) is 0 Å². The first kappa shape index (κ1) is 22.6. The largest absolute Gasteiger partial charge is 0.317 e. The van der Waals surface area contributed by atoms with Crippen molar-refractivity contribution in [3.63, 3.8) is 0 Å². The number of fused-ring (bicyclic) bond motifs is 4. The smallest absolute Gasteiger partial charge is 0.0541 e. The molecule has 8 aromatic rings. The summed E-state index contributed by atoms with van der Waals surface area (Å²) in [5.41, 5.74) is 10.9. The maximum Gasteiger partial charge on any atom is 0.0541 e. The van der Waals surface area contributed by atoms with Gasteiger partial charge in [-0.25, -0.2) is 0 Å². The van der Waals surface area contributed by atoms with Gasteiger partial charge in [0.2, 0.25) is 0 Å². The molecule has 2 heterocycles. The summed E-state index contributed by atoms with van der Waals surface area (Å²) in [5.74, 6) is 0. The van der Waals surface area contributed by atoms with Gasteiger partial charge in [0.05, 0.1) is 16.6 Å². The third kappa shape index (κ3) is 3.65. The van der Waals surface area contributed by atoms with Crippen LogP contribution in [0.4, 0.5) is 0 Å². The Labute approximate surface area is 233 Å². The lowest BCUT2D eigenvalue weighted by Gasteiger charge is -2.09. The first-order valence-corrected chi connectivity index (χ1v) is 13.7. The van der Waals surface area contributed by atoms with E-state index in [4.69, 9.17) is 0 Å². The van der Waals surface area contributed by atoms with Crippen molar-refractivity contribution in [2.24, 2.45) is 0 Å². The molecule has 0 aliphatic rings. The number of para-hydroxylation sites is 2. The molecule has 0 N–H and O–H groups in total. The molecule has 0 saturated heterocycles. The summed E-state index contributed by atoms with van der Waals surface area (Å²) in [7, 11) is 0. The Bertz CT molecular complexity index is 2130. The summed E-state index contributed by atoms with van der Waals surface area (Å²) in [6.07, 6.45) is 2.17. The van der Waals surface area contributed by atoms with Gasteiger partial charge >= 0.3 is 0 Å². The van der Waals surface area contributed by atoms with Crippen molar-refractivity contribution in [2.75, 3.05) is 0 Å². The van der Waals surface area contributed by atoms with Crippen LogP contribution in [0, 0.1) is 0 Å². The fourth-order valence-corrected chi connectivity index (χ4v) is 6.00. The number of hydrogen-bond donors (Lipinski definition) is 0. The van der Waals surface area contributed by atoms with Crippen LogP contribution < -0.4 is 0 Å². The first-order valence-electron chi connectivity index (χ1n) is 13.7. The van der Waals surface area contributed by atoms with Crippen molar-refractivity contribution >= 4 is 32.7 Å². The van der Waals surface area contributed by atoms with E-state index in [2.05, 4.69) is 167 Å². The lowest BCUT2D eigenvalue weighted by Crippen LogP contribution is -1.93. The lowest BCUT2D eigenvalue weighted by atomic mass is 10.0. The molecule has 0 atom stereocenters. The molecule has 0 saturated carbocycles. The van der Waals surface area contributed by atoms with Gasteiger partial charge in [-0.2, -0.15) is 0 Å². The van der Waals surface area contributed by atoms with Crippen LogP contribution in [0.3, 0.4) is 0 Å². The maximum absolute atomic E-state index is 2.36. The molecule has 0 radical (unpaired) electrons.